The molecule has 2 aromatic heterocycles. The molecule has 5 nitrogen and oxygen atoms in total. The Labute approximate surface area is 318 Å². The number of aromatic nitrogens is 2. The fourth-order valence-electron chi connectivity index (χ4n) is 7.00. The molecular formula is C45H33BN3O2Pt-3. The van der Waals surface area contributed by atoms with E-state index in [1.165, 1.54) is 5.56 Å². The van der Waals surface area contributed by atoms with Gasteiger partial charge in [0.25, 0.3) is 0 Å². The van der Waals surface area contributed by atoms with Crippen LogP contribution in [0.5, 0.6) is 11.5 Å². The van der Waals surface area contributed by atoms with E-state index in [4.69, 9.17) is 14.4 Å². The van der Waals surface area contributed by atoms with Gasteiger partial charge in [0.1, 0.15) is 5.82 Å². The molecule has 0 spiro atoms. The Bertz CT molecular complexity index is 2610. The summed E-state index contributed by atoms with van der Waals surface area (Å²) in [6.07, 6.45) is 7.53. The van der Waals surface area contributed by atoms with Crippen molar-refractivity contribution in [2.45, 2.75) is 33.0 Å². The average Bonchev–Trinajstić information content (AvgIpc) is 3.47. The van der Waals surface area contributed by atoms with Crippen molar-refractivity contribution in [2.24, 2.45) is 4.90 Å². The van der Waals surface area contributed by atoms with Gasteiger partial charge in [-0.2, -0.15) is 23.8 Å². The first-order chi connectivity index (χ1) is 24.8. The quantitative estimate of drug-likeness (QED) is 0.131. The van der Waals surface area contributed by atoms with Crippen molar-refractivity contribution in [1.82, 2.24) is 9.55 Å². The molecule has 0 radical (unpaired) electrons. The zero-order chi connectivity index (χ0) is 34.7. The molecule has 0 saturated heterocycles. The Hall–Kier alpha value is -5.45. The Morgan fingerprint density at radius 1 is 0.750 bits per heavy atom. The molecular weight excluding hydrogens is 820 g/mol. The number of fused-ring (bicyclic) bond motifs is 7. The zero-order valence-electron chi connectivity index (χ0n) is 29.2. The van der Waals surface area contributed by atoms with E-state index in [-0.39, 0.29) is 33.5 Å². The molecule has 1 aliphatic heterocycles. The molecule has 52 heavy (non-hydrogen) atoms. The first-order valence-corrected chi connectivity index (χ1v) is 17.2. The van der Waals surface area contributed by atoms with E-state index in [0.717, 1.165) is 72.3 Å². The van der Waals surface area contributed by atoms with Crippen LogP contribution in [0.3, 0.4) is 0 Å². The Morgan fingerprint density at radius 2 is 1.50 bits per heavy atom. The Kier molecular flexibility index (Phi) is 8.59. The van der Waals surface area contributed by atoms with E-state index in [0.29, 0.717) is 11.5 Å². The first kappa shape index (κ1) is 33.7. The zero-order valence-corrected chi connectivity index (χ0v) is 31.4. The van der Waals surface area contributed by atoms with Gasteiger partial charge in [0, 0.05) is 56.3 Å². The van der Waals surface area contributed by atoms with Crippen molar-refractivity contribution in [1.29, 1.82) is 0 Å². The number of benzene rings is 5. The molecule has 9 rings (SSSR count). The second-order valence-corrected chi connectivity index (χ2v) is 14.0. The smallest absolute Gasteiger partial charge is 0.489 e. The predicted octanol–water partition coefficient (Wildman–Crippen LogP) is 10.7. The molecule has 0 amide bonds. The molecule has 0 N–H and O–H groups in total. The number of allylic oxidation sites excluding steroid dienone is 2. The number of hydrogen-bond donors (Lipinski definition) is 0. The minimum Gasteiger partial charge on any atom is -0.585 e. The second-order valence-electron chi connectivity index (χ2n) is 14.0. The summed E-state index contributed by atoms with van der Waals surface area (Å²) in [7, 11) is -0.339. The Balaban J connectivity index is 0.00000387. The predicted molar refractivity (Wildman–Crippen MR) is 207 cm³/mol. The van der Waals surface area contributed by atoms with Crippen molar-refractivity contribution >= 4 is 46.2 Å². The van der Waals surface area contributed by atoms with Gasteiger partial charge in [-0.25, -0.2) is 10.5 Å². The summed E-state index contributed by atoms with van der Waals surface area (Å²) in [5, 5.41) is 2.21. The fraction of sp³-hybridized carbons (Fsp3) is 0.111. The van der Waals surface area contributed by atoms with Crippen LogP contribution in [0.1, 0.15) is 43.0 Å². The average molecular weight is 854 g/mol. The molecule has 0 unspecified atom stereocenters. The van der Waals surface area contributed by atoms with Gasteiger partial charge in [-0.15, -0.1) is 47.3 Å². The first-order valence-electron chi connectivity index (χ1n) is 17.2. The maximum Gasteiger partial charge on any atom is 0.489 e. The summed E-state index contributed by atoms with van der Waals surface area (Å²) in [6.45, 7) is 8.60. The van der Waals surface area contributed by atoms with E-state index in [1.54, 1.807) is 0 Å². The normalized spacial score (nSPS) is 13.7. The third kappa shape index (κ3) is 5.91. The molecule has 7 heteroatoms. The SMILES string of the molecule is CB1N=CC2=C(O1)C(c1[c-]c(Oc3[c-]c4c(cc3)c3ccccc3n4-c3cc(C(C)(C)C)ccn3)ccc1)=[C-]c1ccccc1-c1ccccc12.[Pt]. The molecule has 0 fully saturated rings. The van der Waals surface area contributed by atoms with Crippen LogP contribution in [0.15, 0.2) is 132 Å². The van der Waals surface area contributed by atoms with Gasteiger partial charge in [0.05, 0.1) is 0 Å². The Morgan fingerprint density at radius 3 is 2.35 bits per heavy atom. The van der Waals surface area contributed by atoms with E-state index < -0.39 is 0 Å². The van der Waals surface area contributed by atoms with Crippen molar-refractivity contribution in [3.63, 3.8) is 0 Å². The van der Waals surface area contributed by atoms with E-state index >= 15 is 0 Å². The van der Waals surface area contributed by atoms with Crippen LogP contribution in [-0.2, 0) is 31.1 Å². The number of para-hydroxylation sites is 1. The van der Waals surface area contributed by atoms with Crippen molar-refractivity contribution in [3.8, 4) is 28.4 Å². The summed E-state index contributed by atoms with van der Waals surface area (Å²) in [5.74, 6) is 2.70. The molecule has 256 valence electrons. The number of hydrogen-bond acceptors (Lipinski definition) is 4. The van der Waals surface area contributed by atoms with Crippen LogP contribution < -0.4 is 4.74 Å². The van der Waals surface area contributed by atoms with E-state index in [1.807, 2.05) is 49.6 Å². The summed E-state index contributed by atoms with van der Waals surface area (Å²) in [5.41, 5.74) is 9.90. The summed E-state index contributed by atoms with van der Waals surface area (Å²) < 4.78 is 15.2. The number of rotatable bonds is 4. The molecule has 0 bridgehead atoms. The van der Waals surface area contributed by atoms with Crippen molar-refractivity contribution in [3.05, 3.63) is 168 Å². The number of ether oxygens (including phenoxy) is 1. The molecule has 2 aliphatic rings. The van der Waals surface area contributed by atoms with Gasteiger partial charge in [0.15, 0.2) is 0 Å². The van der Waals surface area contributed by atoms with E-state index in [2.05, 4.69) is 133 Å². The van der Waals surface area contributed by atoms with Crippen LogP contribution in [0.25, 0.3) is 49.9 Å². The maximum absolute atomic E-state index is 6.55. The van der Waals surface area contributed by atoms with Gasteiger partial charge >= 0.3 is 7.05 Å². The van der Waals surface area contributed by atoms with Crippen LogP contribution in [0, 0.1) is 18.2 Å². The van der Waals surface area contributed by atoms with Gasteiger partial charge in [-0.1, -0.05) is 92.5 Å². The summed E-state index contributed by atoms with van der Waals surface area (Å²) in [6, 6.07) is 46.5. The summed E-state index contributed by atoms with van der Waals surface area (Å²) >= 11 is 0. The molecule has 0 atom stereocenters. The van der Waals surface area contributed by atoms with Gasteiger partial charge in [0.2, 0.25) is 0 Å². The van der Waals surface area contributed by atoms with Crippen LogP contribution in [-0.4, -0.2) is 22.8 Å². The van der Waals surface area contributed by atoms with Crippen LogP contribution in [0.2, 0.25) is 6.82 Å². The third-order valence-corrected chi connectivity index (χ3v) is 9.52. The van der Waals surface area contributed by atoms with Crippen LogP contribution in [0.4, 0.5) is 0 Å². The largest absolute Gasteiger partial charge is 0.585 e. The number of pyridine rings is 1. The van der Waals surface area contributed by atoms with Crippen molar-refractivity contribution < 1.29 is 30.5 Å². The van der Waals surface area contributed by atoms with Crippen molar-refractivity contribution in [2.75, 3.05) is 0 Å². The van der Waals surface area contributed by atoms with Gasteiger partial charge < -0.3 is 18.9 Å². The molecule has 1 aliphatic carbocycles. The van der Waals surface area contributed by atoms with Gasteiger partial charge in [-0.05, 0) is 58.1 Å². The molecule has 7 aromatic rings. The second kappa shape index (κ2) is 13.3. The number of nitrogens with zero attached hydrogens (tertiary/aromatic N) is 3. The fourth-order valence-corrected chi connectivity index (χ4v) is 7.00. The minimum atomic E-state index is -0.339. The van der Waals surface area contributed by atoms with Gasteiger partial charge in [-0.3, -0.25) is 0 Å². The summed E-state index contributed by atoms with van der Waals surface area (Å²) in [4.78, 5) is 9.45. The van der Waals surface area contributed by atoms with Crippen LogP contribution >= 0.6 is 0 Å². The third-order valence-electron chi connectivity index (χ3n) is 9.52. The molecule has 5 aromatic carbocycles. The monoisotopic (exact) mass is 853 g/mol. The maximum atomic E-state index is 6.55. The standard InChI is InChI=1S/C45H33BN3O2.Pt/c1-45(2,3)31-22-23-47-43(26-31)49-41-19-10-9-18-37(41)38-21-20-33(27-42(38)49)50-32-14-11-13-29(24-32)39-25-30-12-5-6-15-34(30)35-16-7-8-17-36(35)40-28-48-46(4)51-44(39)40;/h5-23,26,28H,1-4H3;/q-3;. The minimum absolute atomic E-state index is 0. The molecule has 3 heterocycles. The topological polar surface area (TPSA) is 48.6 Å². The van der Waals surface area contributed by atoms with E-state index in [9.17, 15) is 0 Å². The molecule has 0 saturated carbocycles.